The smallest absolute Gasteiger partial charge is 0.122 e. The minimum atomic E-state index is -0.419. The number of rotatable bonds is 4. The van der Waals surface area contributed by atoms with Gasteiger partial charge in [-0.2, -0.15) is 0 Å². The third-order valence-corrected chi connectivity index (χ3v) is 2.72. The summed E-state index contributed by atoms with van der Waals surface area (Å²) in [5.41, 5.74) is 2.55. The lowest BCUT2D eigenvalue weighted by atomic mass is 10.1. The van der Waals surface area contributed by atoms with Gasteiger partial charge in [0.1, 0.15) is 6.29 Å². The fraction of sp³-hybridized carbons (Fsp3) is 0.235. The Labute approximate surface area is 114 Å². The molecule has 19 heavy (non-hydrogen) atoms. The molecular formula is C17H20O2. The van der Waals surface area contributed by atoms with Crippen molar-refractivity contribution < 1.29 is 9.90 Å². The summed E-state index contributed by atoms with van der Waals surface area (Å²) in [5, 5.41) is 8.63. The second kappa shape index (κ2) is 9.06. The lowest BCUT2D eigenvalue weighted by Gasteiger charge is -1.98. The Morgan fingerprint density at radius 2 is 1.37 bits per heavy atom. The summed E-state index contributed by atoms with van der Waals surface area (Å²) in [6, 6.07) is 20.8. The highest BCUT2D eigenvalue weighted by molar-refractivity contribution is 5.62. The van der Waals surface area contributed by atoms with E-state index in [4.69, 9.17) is 5.11 Å². The van der Waals surface area contributed by atoms with Crippen LogP contribution in [0.5, 0.6) is 0 Å². The van der Waals surface area contributed by atoms with E-state index in [0.29, 0.717) is 6.42 Å². The number of hydrogen-bond donors (Lipinski definition) is 1. The Morgan fingerprint density at radius 3 is 1.63 bits per heavy atom. The largest absolute Gasteiger partial charge is 0.393 e. The van der Waals surface area contributed by atoms with Gasteiger partial charge in [0.05, 0.1) is 6.10 Å². The first-order valence-electron chi connectivity index (χ1n) is 6.50. The van der Waals surface area contributed by atoms with Crippen LogP contribution in [0.25, 0.3) is 11.1 Å². The molecule has 0 saturated heterocycles. The quantitative estimate of drug-likeness (QED) is 0.847. The molecule has 0 amide bonds. The van der Waals surface area contributed by atoms with Crippen molar-refractivity contribution in [3.8, 4) is 11.1 Å². The maximum Gasteiger partial charge on any atom is 0.122 e. The normalized spacial score (nSPS) is 11.1. The van der Waals surface area contributed by atoms with Crippen LogP contribution in [-0.4, -0.2) is 17.5 Å². The molecule has 2 nitrogen and oxygen atoms in total. The van der Waals surface area contributed by atoms with Gasteiger partial charge in [0.25, 0.3) is 0 Å². The van der Waals surface area contributed by atoms with Gasteiger partial charge in [-0.1, -0.05) is 67.6 Å². The van der Waals surface area contributed by atoms with Crippen molar-refractivity contribution in [1.29, 1.82) is 0 Å². The molecule has 0 aliphatic heterocycles. The molecule has 0 aliphatic carbocycles. The summed E-state index contributed by atoms with van der Waals surface area (Å²) in [6.07, 6.45) is 1.25. The standard InChI is InChI=1S/C12H10.C5H10O2/c1-3-7-11(8-4-1)12-9-5-2-6-10-12;1-2-5(7)3-4-6/h1-10H;4-5,7H,2-3H2,1H3. The third-order valence-electron chi connectivity index (χ3n) is 2.72. The molecule has 2 aromatic carbocycles. The Bertz CT molecular complexity index is 414. The molecule has 0 bridgehead atoms. The van der Waals surface area contributed by atoms with Gasteiger partial charge in [-0.15, -0.1) is 0 Å². The molecule has 2 aromatic rings. The number of aldehydes is 1. The van der Waals surface area contributed by atoms with Crippen molar-refractivity contribution in [2.75, 3.05) is 0 Å². The molecule has 0 heterocycles. The van der Waals surface area contributed by atoms with Crippen LogP contribution in [0.4, 0.5) is 0 Å². The first-order valence-corrected chi connectivity index (χ1v) is 6.50. The molecule has 0 aromatic heterocycles. The Morgan fingerprint density at radius 1 is 0.947 bits per heavy atom. The minimum Gasteiger partial charge on any atom is -0.393 e. The van der Waals surface area contributed by atoms with Crippen LogP contribution in [0.1, 0.15) is 19.8 Å². The van der Waals surface area contributed by atoms with E-state index < -0.39 is 6.10 Å². The summed E-state index contributed by atoms with van der Waals surface area (Å²) in [5.74, 6) is 0. The molecule has 1 N–H and O–H groups in total. The van der Waals surface area contributed by atoms with Crippen molar-refractivity contribution in [2.24, 2.45) is 0 Å². The predicted molar refractivity (Wildman–Crippen MR) is 78.9 cm³/mol. The molecular weight excluding hydrogens is 236 g/mol. The maximum absolute atomic E-state index is 9.61. The van der Waals surface area contributed by atoms with Gasteiger partial charge >= 0.3 is 0 Å². The summed E-state index contributed by atoms with van der Waals surface area (Å²) in [7, 11) is 0. The van der Waals surface area contributed by atoms with Crippen LogP contribution in [0.3, 0.4) is 0 Å². The van der Waals surface area contributed by atoms with Crippen LogP contribution < -0.4 is 0 Å². The van der Waals surface area contributed by atoms with Crippen molar-refractivity contribution in [3.05, 3.63) is 60.7 Å². The molecule has 0 saturated carbocycles. The van der Waals surface area contributed by atoms with Crippen molar-refractivity contribution in [2.45, 2.75) is 25.9 Å². The van der Waals surface area contributed by atoms with E-state index in [1.807, 2.05) is 19.1 Å². The van der Waals surface area contributed by atoms with E-state index in [0.717, 1.165) is 6.29 Å². The zero-order valence-corrected chi connectivity index (χ0v) is 11.2. The minimum absolute atomic E-state index is 0.274. The first kappa shape index (κ1) is 15.1. The Kier molecular flexibility index (Phi) is 7.21. The lowest BCUT2D eigenvalue weighted by Crippen LogP contribution is -2.03. The highest BCUT2D eigenvalue weighted by atomic mass is 16.3. The van der Waals surface area contributed by atoms with Crippen LogP contribution in [-0.2, 0) is 4.79 Å². The van der Waals surface area contributed by atoms with E-state index in [-0.39, 0.29) is 6.42 Å². The summed E-state index contributed by atoms with van der Waals surface area (Å²) < 4.78 is 0. The molecule has 100 valence electrons. The fourth-order valence-corrected chi connectivity index (χ4v) is 1.54. The molecule has 0 fully saturated rings. The molecule has 2 heteroatoms. The lowest BCUT2D eigenvalue weighted by molar-refractivity contribution is -0.109. The predicted octanol–water partition coefficient (Wildman–Crippen LogP) is 3.70. The first-order chi connectivity index (χ1) is 9.27. The number of carbonyl (C=O) groups excluding carboxylic acids is 1. The highest BCUT2D eigenvalue weighted by Gasteiger charge is 1.95. The molecule has 2 rings (SSSR count). The van der Waals surface area contributed by atoms with Gasteiger partial charge < -0.3 is 9.90 Å². The topological polar surface area (TPSA) is 37.3 Å². The molecule has 0 spiro atoms. The SMILES string of the molecule is CCC(O)CC=O.c1ccc(-c2ccccc2)cc1. The fourth-order valence-electron chi connectivity index (χ4n) is 1.54. The van der Waals surface area contributed by atoms with Crippen molar-refractivity contribution >= 4 is 6.29 Å². The second-order valence-corrected chi connectivity index (χ2v) is 4.20. The van der Waals surface area contributed by atoms with Crippen molar-refractivity contribution in [3.63, 3.8) is 0 Å². The van der Waals surface area contributed by atoms with Crippen LogP contribution >= 0.6 is 0 Å². The maximum atomic E-state index is 9.61. The van der Waals surface area contributed by atoms with Gasteiger partial charge in [-0.25, -0.2) is 0 Å². The van der Waals surface area contributed by atoms with E-state index >= 15 is 0 Å². The Hall–Kier alpha value is -1.93. The monoisotopic (exact) mass is 256 g/mol. The number of carbonyl (C=O) groups is 1. The highest BCUT2D eigenvalue weighted by Crippen LogP contribution is 2.17. The van der Waals surface area contributed by atoms with Gasteiger partial charge in [-0.05, 0) is 17.5 Å². The van der Waals surface area contributed by atoms with E-state index in [1.165, 1.54) is 11.1 Å². The van der Waals surface area contributed by atoms with Gasteiger partial charge in [-0.3, -0.25) is 0 Å². The van der Waals surface area contributed by atoms with E-state index in [2.05, 4.69) is 48.5 Å². The molecule has 1 unspecified atom stereocenters. The van der Waals surface area contributed by atoms with E-state index in [9.17, 15) is 4.79 Å². The number of hydrogen-bond acceptors (Lipinski definition) is 2. The number of aliphatic hydroxyl groups is 1. The third kappa shape index (κ3) is 5.98. The van der Waals surface area contributed by atoms with Crippen LogP contribution in [0, 0.1) is 0 Å². The Balaban J connectivity index is 0.000000224. The summed E-state index contributed by atoms with van der Waals surface area (Å²) >= 11 is 0. The van der Waals surface area contributed by atoms with Gasteiger partial charge in [0.2, 0.25) is 0 Å². The molecule has 0 radical (unpaired) electrons. The summed E-state index contributed by atoms with van der Waals surface area (Å²) in [4.78, 5) is 9.61. The molecule has 1 atom stereocenters. The summed E-state index contributed by atoms with van der Waals surface area (Å²) in [6.45, 7) is 1.84. The second-order valence-electron chi connectivity index (χ2n) is 4.20. The van der Waals surface area contributed by atoms with Crippen molar-refractivity contribution in [1.82, 2.24) is 0 Å². The zero-order chi connectivity index (χ0) is 13.9. The van der Waals surface area contributed by atoms with Crippen LogP contribution in [0.2, 0.25) is 0 Å². The number of aliphatic hydroxyl groups excluding tert-OH is 1. The average molecular weight is 256 g/mol. The number of benzene rings is 2. The van der Waals surface area contributed by atoms with E-state index in [1.54, 1.807) is 0 Å². The van der Waals surface area contributed by atoms with Crippen LogP contribution in [0.15, 0.2) is 60.7 Å². The zero-order valence-electron chi connectivity index (χ0n) is 11.2. The molecule has 0 aliphatic rings. The van der Waals surface area contributed by atoms with Gasteiger partial charge in [0, 0.05) is 6.42 Å². The van der Waals surface area contributed by atoms with Gasteiger partial charge in [0.15, 0.2) is 0 Å². The average Bonchev–Trinajstić information content (AvgIpc) is 2.50.